The van der Waals surface area contributed by atoms with Crippen LogP contribution < -0.4 is 5.32 Å². The number of nitrogens with one attached hydrogen (secondary N) is 1. The number of amides is 1. The number of para-hydroxylation sites is 1. The minimum absolute atomic E-state index is 0.0889. The number of carboxylic acids is 1. The van der Waals surface area contributed by atoms with Gasteiger partial charge in [-0.3, -0.25) is 9.78 Å². The standard InChI is InChI=1S/C27H24N2O3/c1-27(20-11-4-2-5-12-20,21-13-6-3-7-14-21)26(32)29-24(25(30)31)18-22-17-16-19-10-8-9-15-23(19)28-22/h2-17,24H,18H2,1H3,(H,29,32)(H,30,31)/t24-/m0/s1. The topological polar surface area (TPSA) is 79.3 Å². The molecule has 0 bridgehead atoms. The van der Waals surface area contributed by atoms with E-state index in [0.717, 1.165) is 22.0 Å². The summed E-state index contributed by atoms with van der Waals surface area (Å²) in [6.07, 6.45) is 0.0889. The lowest BCUT2D eigenvalue weighted by atomic mass is 9.75. The largest absolute Gasteiger partial charge is 0.480 e. The zero-order valence-electron chi connectivity index (χ0n) is 17.7. The Morgan fingerprint density at radius 2 is 1.41 bits per heavy atom. The molecule has 2 N–H and O–H groups in total. The second-order valence-electron chi connectivity index (χ2n) is 7.92. The number of aromatic nitrogens is 1. The van der Waals surface area contributed by atoms with Crippen LogP contribution in [0.2, 0.25) is 0 Å². The lowest BCUT2D eigenvalue weighted by Gasteiger charge is -2.31. The maximum absolute atomic E-state index is 13.6. The minimum atomic E-state index is -1.11. The van der Waals surface area contributed by atoms with Crippen molar-refractivity contribution in [2.24, 2.45) is 0 Å². The van der Waals surface area contributed by atoms with Gasteiger partial charge in [-0.1, -0.05) is 84.9 Å². The summed E-state index contributed by atoms with van der Waals surface area (Å²) >= 11 is 0. The number of nitrogens with zero attached hydrogens (tertiary/aromatic N) is 1. The van der Waals surface area contributed by atoms with Crippen molar-refractivity contribution in [2.75, 3.05) is 0 Å². The van der Waals surface area contributed by atoms with Crippen molar-refractivity contribution in [2.45, 2.75) is 24.8 Å². The van der Waals surface area contributed by atoms with Gasteiger partial charge >= 0.3 is 5.97 Å². The molecule has 3 aromatic carbocycles. The summed E-state index contributed by atoms with van der Waals surface area (Å²) in [4.78, 5) is 30.2. The first-order valence-electron chi connectivity index (χ1n) is 10.5. The molecule has 1 aromatic heterocycles. The molecule has 0 aliphatic rings. The molecule has 4 aromatic rings. The molecule has 5 nitrogen and oxygen atoms in total. The van der Waals surface area contributed by atoms with Gasteiger partial charge in [0.05, 0.1) is 10.9 Å². The van der Waals surface area contributed by atoms with Crippen LogP contribution in [-0.2, 0) is 21.4 Å². The van der Waals surface area contributed by atoms with E-state index < -0.39 is 17.4 Å². The molecule has 160 valence electrons. The van der Waals surface area contributed by atoms with Crippen LogP contribution in [0, 0.1) is 0 Å². The minimum Gasteiger partial charge on any atom is -0.480 e. The van der Waals surface area contributed by atoms with Crippen molar-refractivity contribution in [3.05, 3.63) is 114 Å². The number of hydrogen-bond donors (Lipinski definition) is 2. The molecule has 0 fully saturated rings. The monoisotopic (exact) mass is 424 g/mol. The molecular weight excluding hydrogens is 400 g/mol. The highest BCUT2D eigenvalue weighted by Crippen LogP contribution is 2.32. The van der Waals surface area contributed by atoms with Gasteiger partial charge in [0.1, 0.15) is 6.04 Å². The smallest absolute Gasteiger partial charge is 0.326 e. The number of aliphatic carboxylic acids is 1. The second-order valence-corrected chi connectivity index (χ2v) is 7.92. The summed E-state index contributed by atoms with van der Waals surface area (Å²) in [5, 5.41) is 13.6. The molecule has 0 radical (unpaired) electrons. The highest BCUT2D eigenvalue weighted by Gasteiger charge is 2.39. The van der Waals surface area contributed by atoms with E-state index in [-0.39, 0.29) is 12.3 Å². The number of carbonyl (C=O) groups excluding carboxylic acids is 1. The summed E-state index contributed by atoms with van der Waals surface area (Å²) in [6, 6.07) is 29.1. The van der Waals surface area contributed by atoms with Crippen molar-refractivity contribution in [1.29, 1.82) is 0 Å². The first-order valence-corrected chi connectivity index (χ1v) is 10.5. The van der Waals surface area contributed by atoms with Crippen molar-refractivity contribution in [3.8, 4) is 0 Å². The van der Waals surface area contributed by atoms with Crippen LogP contribution in [0.4, 0.5) is 0 Å². The van der Waals surface area contributed by atoms with E-state index in [1.807, 2.05) is 97.9 Å². The zero-order valence-corrected chi connectivity index (χ0v) is 17.7. The van der Waals surface area contributed by atoms with Gasteiger partial charge in [-0.25, -0.2) is 4.79 Å². The maximum atomic E-state index is 13.6. The molecule has 0 saturated carbocycles. The molecule has 32 heavy (non-hydrogen) atoms. The van der Waals surface area contributed by atoms with E-state index in [0.29, 0.717) is 5.69 Å². The Labute approximate surface area is 186 Å². The molecule has 1 heterocycles. The number of carbonyl (C=O) groups is 2. The average Bonchev–Trinajstić information content (AvgIpc) is 2.84. The molecule has 1 atom stereocenters. The van der Waals surface area contributed by atoms with Crippen LogP contribution in [0.3, 0.4) is 0 Å². The average molecular weight is 425 g/mol. The molecular formula is C27H24N2O3. The van der Waals surface area contributed by atoms with Crippen molar-refractivity contribution < 1.29 is 14.7 Å². The molecule has 4 rings (SSSR count). The van der Waals surface area contributed by atoms with E-state index in [2.05, 4.69) is 10.3 Å². The predicted molar refractivity (Wildman–Crippen MR) is 124 cm³/mol. The van der Waals surface area contributed by atoms with Crippen molar-refractivity contribution >= 4 is 22.8 Å². The summed E-state index contributed by atoms with van der Waals surface area (Å²) < 4.78 is 0. The third-order valence-corrected chi connectivity index (χ3v) is 5.83. The predicted octanol–water partition coefficient (Wildman–Crippen LogP) is 4.35. The van der Waals surface area contributed by atoms with Gasteiger partial charge < -0.3 is 10.4 Å². The molecule has 0 saturated heterocycles. The summed E-state index contributed by atoms with van der Waals surface area (Å²) in [6.45, 7) is 1.82. The Morgan fingerprint density at radius 3 is 2.00 bits per heavy atom. The highest BCUT2D eigenvalue weighted by atomic mass is 16.4. The molecule has 5 heteroatoms. The quantitative estimate of drug-likeness (QED) is 0.462. The van der Waals surface area contributed by atoms with E-state index in [1.54, 1.807) is 6.07 Å². The van der Waals surface area contributed by atoms with E-state index in [1.165, 1.54) is 0 Å². The fourth-order valence-corrected chi connectivity index (χ4v) is 3.91. The lowest BCUT2D eigenvalue weighted by Crippen LogP contribution is -2.50. The second kappa shape index (κ2) is 9.02. The van der Waals surface area contributed by atoms with Gasteiger partial charge in [0.2, 0.25) is 5.91 Å². The fraction of sp³-hybridized carbons (Fsp3) is 0.148. The molecule has 0 aliphatic heterocycles. The van der Waals surface area contributed by atoms with Crippen molar-refractivity contribution in [1.82, 2.24) is 10.3 Å². The van der Waals surface area contributed by atoms with Gasteiger partial charge in [-0.05, 0) is 30.2 Å². The number of benzene rings is 3. The van der Waals surface area contributed by atoms with E-state index in [4.69, 9.17) is 0 Å². The van der Waals surface area contributed by atoms with Gasteiger partial charge in [0.25, 0.3) is 0 Å². The Hall–Kier alpha value is -3.99. The number of carboxylic acid groups (broad SMARTS) is 1. The van der Waals surface area contributed by atoms with Crippen LogP contribution in [0.1, 0.15) is 23.7 Å². The SMILES string of the molecule is CC(C(=O)N[C@@H](Cc1ccc2ccccc2n1)C(=O)O)(c1ccccc1)c1ccccc1. The molecule has 0 unspecified atom stereocenters. The molecule has 0 spiro atoms. The Kier molecular flexibility index (Phi) is 5.99. The Morgan fingerprint density at radius 1 is 0.844 bits per heavy atom. The highest BCUT2D eigenvalue weighted by molar-refractivity contribution is 5.94. The number of rotatable bonds is 7. The first-order chi connectivity index (χ1) is 15.5. The molecule has 1 amide bonds. The molecule has 0 aliphatic carbocycles. The van der Waals surface area contributed by atoms with Crippen LogP contribution in [0.5, 0.6) is 0 Å². The summed E-state index contributed by atoms with van der Waals surface area (Å²) in [7, 11) is 0. The van der Waals surface area contributed by atoms with Gasteiger partial charge in [-0.15, -0.1) is 0 Å². The van der Waals surface area contributed by atoms with E-state index >= 15 is 0 Å². The van der Waals surface area contributed by atoms with E-state index in [9.17, 15) is 14.7 Å². The fourth-order valence-electron chi connectivity index (χ4n) is 3.91. The van der Waals surface area contributed by atoms with Gasteiger partial charge in [0, 0.05) is 17.5 Å². The van der Waals surface area contributed by atoms with Gasteiger partial charge in [0.15, 0.2) is 0 Å². The lowest BCUT2D eigenvalue weighted by molar-refractivity contribution is -0.142. The Balaban J connectivity index is 1.65. The number of fused-ring (bicyclic) bond motifs is 1. The number of hydrogen-bond acceptors (Lipinski definition) is 3. The third-order valence-electron chi connectivity index (χ3n) is 5.83. The van der Waals surface area contributed by atoms with Crippen molar-refractivity contribution in [3.63, 3.8) is 0 Å². The van der Waals surface area contributed by atoms with Gasteiger partial charge in [-0.2, -0.15) is 0 Å². The maximum Gasteiger partial charge on any atom is 0.326 e. The van der Waals surface area contributed by atoms with Crippen LogP contribution in [0.25, 0.3) is 10.9 Å². The summed E-state index contributed by atoms with van der Waals surface area (Å²) in [5.41, 5.74) is 1.93. The summed E-state index contributed by atoms with van der Waals surface area (Å²) in [5.74, 6) is -1.47. The Bertz CT molecular complexity index is 1200. The number of pyridine rings is 1. The normalized spacial score (nSPS) is 12.3. The van der Waals surface area contributed by atoms with Crippen LogP contribution in [0.15, 0.2) is 97.1 Å². The zero-order chi connectivity index (χ0) is 22.6. The first kappa shape index (κ1) is 21.2. The third kappa shape index (κ3) is 4.23. The van der Waals surface area contributed by atoms with Crippen LogP contribution in [-0.4, -0.2) is 28.0 Å². The van der Waals surface area contributed by atoms with Crippen LogP contribution >= 0.6 is 0 Å².